The van der Waals surface area contributed by atoms with Gasteiger partial charge in [0, 0.05) is 3.57 Å². The molecule has 1 fully saturated rings. The smallest absolute Gasteiger partial charge is 0.323 e. The first kappa shape index (κ1) is 14.5. The Morgan fingerprint density at radius 3 is 2.79 bits per heavy atom. The van der Waals surface area contributed by atoms with Crippen molar-refractivity contribution in [2.45, 2.75) is 0 Å². The summed E-state index contributed by atoms with van der Waals surface area (Å²) in [5.41, 5.74) is 0.916. The number of hydrogen-bond donors (Lipinski definition) is 1. The van der Waals surface area contributed by atoms with Crippen LogP contribution < -0.4 is 0 Å². The molecule has 0 saturated carbocycles. The van der Waals surface area contributed by atoms with Crippen molar-refractivity contribution in [2.24, 2.45) is 0 Å². The van der Waals surface area contributed by atoms with Crippen LogP contribution >= 0.6 is 46.6 Å². The standard InChI is InChI=1S/C12H8INO3S2/c13-8-4-2-1-3-7(8)5-9-11(17)14(6-10(15)16)12(18)19-9/h1-5H,6H2,(H,15,16)/b9-5-. The molecule has 1 aromatic carbocycles. The lowest BCUT2D eigenvalue weighted by Crippen LogP contribution is -2.33. The zero-order valence-corrected chi connectivity index (χ0v) is 13.3. The van der Waals surface area contributed by atoms with Gasteiger partial charge in [0.2, 0.25) is 0 Å². The van der Waals surface area contributed by atoms with E-state index in [1.807, 2.05) is 24.3 Å². The van der Waals surface area contributed by atoms with Gasteiger partial charge in [-0.05, 0) is 40.3 Å². The fourth-order valence-corrected chi connectivity index (χ4v) is 3.29. The largest absolute Gasteiger partial charge is 0.480 e. The highest BCUT2D eigenvalue weighted by atomic mass is 127. The number of hydrogen-bond acceptors (Lipinski definition) is 4. The molecule has 0 spiro atoms. The summed E-state index contributed by atoms with van der Waals surface area (Å²) < 4.78 is 1.30. The van der Waals surface area contributed by atoms with E-state index in [9.17, 15) is 9.59 Å². The summed E-state index contributed by atoms with van der Waals surface area (Å²) in [5.74, 6) is -1.43. The molecule has 0 aliphatic carbocycles. The van der Waals surface area contributed by atoms with E-state index in [-0.39, 0.29) is 10.2 Å². The van der Waals surface area contributed by atoms with Gasteiger partial charge in [-0.1, -0.05) is 42.2 Å². The van der Waals surface area contributed by atoms with Crippen LogP contribution in [0.5, 0.6) is 0 Å². The Bertz CT molecular complexity index is 600. The molecule has 1 aliphatic heterocycles. The topological polar surface area (TPSA) is 57.6 Å². The molecular weight excluding hydrogens is 397 g/mol. The number of benzene rings is 1. The molecule has 1 N–H and O–H groups in total. The Morgan fingerprint density at radius 2 is 2.16 bits per heavy atom. The SMILES string of the molecule is O=C(O)CN1C(=O)/C(=C/c2ccccc2I)SC1=S. The molecule has 1 aliphatic rings. The van der Waals surface area contributed by atoms with Crippen molar-refractivity contribution < 1.29 is 14.7 Å². The predicted octanol–water partition coefficient (Wildman–Crippen LogP) is 2.58. The predicted molar refractivity (Wildman–Crippen MR) is 86.7 cm³/mol. The van der Waals surface area contributed by atoms with E-state index < -0.39 is 12.5 Å². The fourth-order valence-electron chi connectivity index (χ4n) is 1.50. The van der Waals surface area contributed by atoms with Crippen LogP contribution in [0, 0.1) is 3.57 Å². The van der Waals surface area contributed by atoms with Crippen LogP contribution in [0.15, 0.2) is 29.2 Å². The zero-order chi connectivity index (χ0) is 14.0. The summed E-state index contributed by atoms with van der Waals surface area (Å²) in [5, 5.41) is 8.75. The molecule has 4 nitrogen and oxygen atoms in total. The van der Waals surface area contributed by atoms with Crippen molar-refractivity contribution in [2.75, 3.05) is 6.54 Å². The number of halogens is 1. The van der Waals surface area contributed by atoms with Gasteiger partial charge >= 0.3 is 5.97 Å². The molecule has 1 aromatic rings. The molecule has 2 rings (SSSR count). The van der Waals surface area contributed by atoms with Gasteiger partial charge in [0.15, 0.2) is 0 Å². The maximum Gasteiger partial charge on any atom is 0.323 e. The maximum absolute atomic E-state index is 12.1. The van der Waals surface area contributed by atoms with Gasteiger partial charge in [-0.2, -0.15) is 0 Å². The molecule has 0 atom stereocenters. The summed E-state index contributed by atoms with van der Waals surface area (Å²) >= 11 is 8.33. The van der Waals surface area contributed by atoms with E-state index in [0.717, 1.165) is 25.8 Å². The molecule has 1 heterocycles. The second-order valence-electron chi connectivity index (χ2n) is 3.68. The van der Waals surface area contributed by atoms with E-state index in [2.05, 4.69) is 22.6 Å². The monoisotopic (exact) mass is 405 g/mol. The molecule has 0 bridgehead atoms. The Hall–Kier alpha value is -0.930. The van der Waals surface area contributed by atoms with Crippen LogP contribution in [-0.4, -0.2) is 32.7 Å². The van der Waals surface area contributed by atoms with Gasteiger partial charge in [-0.25, -0.2) is 0 Å². The van der Waals surface area contributed by atoms with Crippen molar-refractivity contribution in [1.82, 2.24) is 4.90 Å². The maximum atomic E-state index is 12.1. The highest BCUT2D eigenvalue weighted by Gasteiger charge is 2.33. The lowest BCUT2D eigenvalue weighted by atomic mass is 10.2. The first-order valence-electron chi connectivity index (χ1n) is 5.20. The summed E-state index contributed by atoms with van der Waals surface area (Å²) in [6.07, 6.45) is 1.74. The van der Waals surface area contributed by atoms with Gasteiger partial charge in [0.1, 0.15) is 10.9 Å². The van der Waals surface area contributed by atoms with E-state index in [4.69, 9.17) is 17.3 Å². The third kappa shape index (κ3) is 3.34. The van der Waals surface area contributed by atoms with Crippen molar-refractivity contribution in [3.63, 3.8) is 0 Å². The second kappa shape index (κ2) is 6.02. The first-order valence-corrected chi connectivity index (χ1v) is 7.51. The lowest BCUT2D eigenvalue weighted by molar-refractivity contribution is -0.140. The average molecular weight is 405 g/mol. The Morgan fingerprint density at radius 1 is 1.47 bits per heavy atom. The number of amides is 1. The summed E-state index contributed by atoms with van der Waals surface area (Å²) in [4.78, 5) is 24.3. The number of rotatable bonds is 3. The molecule has 0 radical (unpaired) electrons. The summed E-state index contributed by atoms with van der Waals surface area (Å²) in [6.45, 7) is -0.395. The van der Waals surface area contributed by atoms with Gasteiger partial charge in [0.25, 0.3) is 5.91 Å². The number of thioether (sulfide) groups is 1. The highest BCUT2D eigenvalue weighted by Crippen LogP contribution is 2.32. The molecule has 1 amide bonds. The Balaban J connectivity index is 2.28. The molecule has 0 aromatic heterocycles. The van der Waals surface area contributed by atoms with Crippen molar-refractivity contribution >= 4 is 68.8 Å². The third-order valence-electron chi connectivity index (χ3n) is 2.36. The second-order valence-corrected chi connectivity index (χ2v) is 6.52. The first-order chi connectivity index (χ1) is 8.99. The van der Waals surface area contributed by atoms with Gasteiger partial charge in [0.05, 0.1) is 4.91 Å². The van der Waals surface area contributed by atoms with Gasteiger partial charge in [-0.3, -0.25) is 14.5 Å². The number of aliphatic carboxylic acids is 1. The number of nitrogens with zero attached hydrogens (tertiary/aromatic N) is 1. The number of carbonyl (C=O) groups excluding carboxylic acids is 1. The van der Waals surface area contributed by atoms with Crippen LogP contribution in [0.3, 0.4) is 0 Å². The van der Waals surface area contributed by atoms with E-state index >= 15 is 0 Å². The Labute approximate surface area is 133 Å². The molecule has 98 valence electrons. The minimum Gasteiger partial charge on any atom is -0.480 e. The third-order valence-corrected chi connectivity index (χ3v) is 4.72. The minimum absolute atomic E-state index is 0.282. The summed E-state index contributed by atoms with van der Waals surface area (Å²) in [6, 6.07) is 7.62. The number of thiocarbonyl (C=S) groups is 1. The van der Waals surface area contributed by atoms with Crippen molar-refractivity contribution in [1.29, 1.82) is 0 Å². The number of carboxylic acids is 1. The van der Waals surface area contributed by atoms with Crippen LogP contribution in [0.2, 0.25) is 0 Å². The van der Waals surface area contributed by atoms with Gasteiger partial charge in [-0.15, -0.1) is 0 Å². The average Bonchev–Trinajstić information content (AvgIpc) is 2.60. The van der Waals surface area contributed by atoms with Gasteiger partial charge < -0.3 is 5.11 Å². The molecule has 19 heavy (non-hydrogen) atoms. The zero-order valence-electron chi connectivity index (χ0n) is 9.50. The van der Waals surface area contributed by atoms with E-state index in [1.165, 1.54) is 0 Å². The van der Waals surface area contributed by atoms with Crippen LogP contribution in [0.25, 0.3) is 6.08 Å². The molecule has 7 heteroatoms. The number of carboxylic acid groups (broad SMARTS) is 1. The highest BCUT2D eigenvalue weighted by molar-refractivity contribution is 14.1. The van der Waals surface area contributed by atoms with Crippen LogP contribution in [0.1, 0.15) is 5.56 Å². The molecule has 0 unspecified atom stereocenters. The molecule has 1 saturated heterocycles. The lowest BCUT2D eigenvalue weighted by Gasteiger charge is -2.10. The fraction of sp³-hybridized carbons (Fsp3) is 0.0833. The quantitative estimate of drug-likeness (QED) is 0.476. The minimum atomic E-state index is -1.08. The molecular formula is C12H8INO3S2. The van der Waals surface area contributed by atoms with Crippen LogP contribution in [-0.2, 0) is 9.59 Å². The van der Waals surface area contributed by atoms with Crippen molar-refractivity contribution in [3.8, 4) is 0 Å². The normalized spacial score (nSPS) is 17.3. The number of carbonyl (C=O) groups is 2. The van der Waals surface area contributed by atoms with Crippen LogP contribution in [0.4, 0.5) is 0 Å². The van der Waals surface area contributed by atoms with Crippen molar-refractivity contribution in [3.05, 3.63) is 38.3 Å². The summed E-state index contributed by atoms with van der Waals surface area (Å²) in [7, 11) is 0. The van der Waals surface area contributed by atoms with E-state index in [0.29, 0.717) is 4.91 Å². The van der Waals surface area contributed by atoms with E-state index in [1.54, 1.807) is 6.08 Å². The Kier molecular flexibility index (Phi) is 4.58.